The molecule has 0 bridgehead atoms. The number of aromatic hydroxyl groups is 1. The van der Waals surface area contributed by atoms with Crippen LogP contribution in [-0.2, 0) is 6.54 Å². The van der Waals surface area contributed by atoms with Gasteiger partial charge >= 0.3 is 0 Å². The summed E-state index contributed by atoms with van der Waals surface area (Å²) in [4.78, 5) is 4.61. The van der Waals surface area contributed by atoms with Crippen LogP contribution in [-0.4, -0.2) is 30.8 Å². The van der Waals surface area contributed by atoms with Crippen LogP contribution in [0.4, 0.5) is 0 Å². The maximum absolute atomic E-state index is 10.2. The molecule has 0 aliphatic heterocycles. The molecule has 0 aliphatic rings. The lowest BCUT2D eigenvalue weighted by molar-refractivity contribution is 0.370. The van der Waals surface area contributed by atoms with Gasteiger partial charge in [-0.2, -0.15) is 0 Å². The Morgan fingerprint density at radius 1 is 1.11 bits per heavy atom. The molecule has 0 amide bonds. The molecule has 0 aromatic heterocycles. The second-order valence-corrected chi connectivity index (χ2v) is 6.30. The highest BCUT2D eigenvalue weighted by Gasteiger charge is 2.15. The average molecular weight is 483 g/mol. The smallest absolute Gasteiger partial charge is 0.191 e. The lowest BCUT2D eigenvalue weighted by Crippen LogP contribution is -2.44. The van der Waals surface area contributed by atoms with Gasteiger partial charge in [-0.3, -0.25) is 0 Å². The van der Waals surface area contributed by atoms with Crippen LogP contribution < -0.4 is 15.4 Å². The van der Waals surface area contributed by atoms with E-state index in [1.54, 1.807) is 13.2 Å². The number of rotatable bonds is 7. The molecule has 0 radical (unpaired) electrons. The minimum atomic E-state index is 0. The first-order valence-electron chi connectivity index (χ1n) is 9.01. The molecular weight excluding hydrogens is 453 g/mol. The average Bonchev–Trinajstić information content (AvgIpc) is 2.67. The van der Waals surface area contributed by atoms with E-state index in [1.807, 2.05) is 25.1 Å². The van der Waals surface area contributed by atoms with Crippen molar-refractivity contribution >= 4 is 29.9 Å². The van der Waals surface area contributed by atoms with Crippen LogP contribution in [0.5, 0.6) is 11.5 Å². The zero-order chi connectivity index (χ0) is 18.9. The first-order chi connectivity index (χ1) is 12.6. The van der Waals surface area contributed by atoms with E-state index in [0.717, 1.165) is 18.1 Å². The normalized spacial score (nSPS) is 13.3. The van der Waals surface area contributed by atoms with Crippen LogP contribution in [0.15, 0.2) is 53.5 Å². The Kier molecular flexibility index (Phi) is 9.99. The topological polar surface area (TPSA) is 65.9 Å². The third-order valence-corrected chi connectivity index (χ3v) is 4.49. The molecule has 0 saturated heterocycles. The van der Waals surface area contributed by atoms with E-state index >= 15 is 0 Å². The number of nitrogens with one attached hydrogen (secondary N) is 2. The second-order valence-electron chi connectivity index (χ2n) is 6.30. The molecule has 2 atom stereocenters. The Hall–Kier alpha value is -1.96. The lowest BCUT2D eigenvalue weighted by Gasteiger charge is -2.24. The summed E-state index contributed by atoms with van der Waals surface area (Å²) in [7, 11) is 1.54. The summed E-state index contributed by atoms with van der Waals surface area (Å²) in [6.45, 7) is 7.51. The van der Waals surface area contributed by atoms with Crippen LogP contribution >= 0.6 is 24.0 Å². The highest BCUT2D eigenvalue weighted by molar-refractivity contribution is 14.0. The van der Waals surface area contributed by atoms with Gasteiger partial charge in [0.1, 0.15) is 0 Å². The van der Waals surface area contributed by atoms with E-state index < -0.39 is 0 Å². The van der Waals surface area contributed by atoms with Gasteiger partial charge in [0.05, 0.1) is 13.7 Å². The lowest BCUT2D eigenvalue weighted by atomic mass is 9.94. The summed E-state index contributed by atoms with van der Waals surface area (Å²) in [6, 6.07) is 16.1. The number of hydrogen-bond donors (Lipinski definition) is 3. The molecule has 2 unspecified atom stereocenters. The molecule has 0 heterocycles. The number of methoxy groups -OCH3 is 1. The Labute approximate surface area is 179 Å². The van der Waals surface area contributed by atoms with Crippen LogP contribution in [0.25, 0.3) is 0 Å². The number of guanidine groups is 1. The number of halogens is 1. The Balaban J connectivity index is 0.00000364. The minimum absolute atomic E-state index is 0. The van der Waals surface area contributed by atoms with Gasteiger partial charge in [0, 0.05) is 24.1 Å². The molecule has 148 valence electrons. The van der Waals surface area contributed by atoms with Crippen molar-refractivity contribution in [3.63, 3.8) is 0 Å². The summed E-state index contributed by atoms with van der Waals surface area (Å²) in [5.41, 5.74) is 2.01. The van der Waals surface area contributed by atoms with Gasteiger partial charge in [0.15, 0.2) is 17.5 Å². The second kappa shape index (κ2) is 11.7. The fourth-order valence-electron chi connectivity index (χ4n) is 2.73. The number of benzene rings is 2. The van der Waals surface area contributed by atoms with Crippen LogP contribution in [0, 0.1) is 0 Å². The summed E-state index contributed by atoms with van der Waals surface area (Å²) in [6.07, 6.45) is 0. The molecule has 2 aromatic rings. The number of para-hydroxylation sites is 1. The fourth-order valence-corrected chi connectivity index (χ4v) is 2.73. The minimum Gasteiger partial charge on any atom is -0.504 e. The SMILES string of the molecule is CCNC(=NCc1cccc(OC)c1O)NC(C)C(C)c1ccccc1.I. The van der Waals surface area contributed by atoms with Crippen molar-refractivity contribution in [2.24, 2.45) is 4.99 Å². The number of hydrogen-bond acceptors (Lipinski definition) is 3. The quantitative estimate of drug-likeness (QED) is 0.313. The predicted molar refractivity (Wildman–Crippen MR) is 122 cm³/mol. The number of aliphatic imine (C=N–C) groups is 1. The van der Waals surface area contributed by atoms with E-state index in [-0.39, 0.29) is 35.8 Å². The van der Waals surface area contributed by atoms with Gasteiger partial charge < -0.3 is 20.5 Å². The number of phenolic OH excluding ortho intramolecular Hbond substituents is 1. The molecule has 2 aromatic carbocycles. The van der Waals surface area contributed by atoms with Crippen LogP contribution in [0.2, 0.25) is 0 Å². The monoisotopic (exact) mass is 483 g/mol. The van der Waals surface area contributed by atoms with E-state index in [4.69, 9.17) is 4.74 Å². The maximum Gasteiger partial charge on any atom is 0.191 e. The molecule has 0 spiro atoms. The van der Waals surface area contributed by atoms with Crippen molar-refractivity contribution in [1.82, 2.24) is 10.6 Å². The third-order valence-electron chi connectivity index (χ3n) is 4.49. The molecule has 0 aliphatic carbocycles. The molecule has 6 heteroatoms. The summed E-state index contributed by atoms with van der Waals surface area (Å²) in [5, 5.41) is 16.9. The van der Waals surface area contributed by atoms with Gasteiger partial charge in [0.25, 0.3) is 0 Å². The predicted octanol–water partition coefficient (Wildman–Crippen LogP) is 4.27. The molecule has 3 N–H and O–H groups in total. The number of phenols is 1. The Morgan fingerprint density at radius 3 is 2.44 bits per heavy atom. The van der Waals surface area contributed by atoms with Crippen molar-refractivity contribution in [3.8, 4) is 11.5 Å². The maximum atomic E-state index is 10.2. The number of ether oxygens (including phenoxy) is 1. The van der Waals surface area contributed by atoms with Crippen molar-refractivity contribution in [1.29, 1.82) is 0 Å². The first-order valence-corrected chi connectivity index (χ1v) is 9.01. The molecular formula is C21H30IN3O2. The highest BCUT2D eigenvalue weighted by Crippen LogP contribution is 2.29. The largest absolute Gasteiger partial charge is 0.504 e. The van der Waals surface area contributed by atoms with Crippen LogP contribution in [0.1, 0.15) is 37.8 Å². The molecule has 27 heavy (non-hydrogen) atoms. The Bertz CT molecular complexity index is 723. The first kappa shape index (κ1) is 23.1. The highest BCUT2D eigenvalue weighted by atomic mass is 127. The molecule has 5 nitrogen and oxygen atoms in total. The zero-order valence-electron chi connectivity index (χ0n) is 16.4. The molecule has 2 rings (SSSR count). The summed E-state index contributed by atoms with van der Waals surface area (Å²) >= 11 is 0. The Morgan fingerprint density at radius 2 is 1.81 bits per heavy atom. The summed E-state index contributed by atoms with van der Waals surface area (Å²) in [5.74, 6) is 1.66. The van der Waals surface area contributed by atoms with E-state index in [9.17, 15) is 5.11 Å². The van der Waals surface area contributed by atoms with Gasteiger partial charge in [-0.1, -0.05) is 49.4 Å². The van der Waals surface area contributed by atoms with Gasteiger partial charge in [-0.05, 0) is 25.5 Å². The van der Waals surface area contributed by atoms with E-state index in [2.05, 4.69) is 53.7 Å². The molecule has 0 saturated carbocycles. The van der Waals surface area contributed by atoms with Crippen molar-refractivity contribution < 1.29 is 9.84 Å². The van der Waals surface area contributed by atoms with Crippen molar-refractivity contribution in [2.75, 3.05) is 13.7 Å². The standard InChI is InChI=1S/C21H29N3O2.HI/c1-5-22-21(23-14-18-12-9-13-19(26-4)20(18)25)24-16(3)15(2)17-10-7-6-8-11-17;/h6-13,15-16,25H,5,14H2,1-4H3,(H2,22,23,24);1H. The van der Waals surface area contributed by atoms with E-state index in [0.29, 0.717) is 18.2 Å². The van der Waals surface area contributed by atoms with E-state index in [1.165, 1.54) is 5.56 Å². The van der Waals surface area contributed by atoms with Crippen molar-refractivity contribution in [2.45, 2.75) is 39.3 Å². The summed E-state index contributed by atoms with van der Waals surface area (Å²) < 4.78 is 5.16. The third kappa shape index (κ3) is 6.61. The number of nitrogens with zero attached hydrogens (tertiary/aromatic N) is 1. The molecule has 0 fully saturated rings. The van der Waals surface area contributed by atoms with Gasteiger partial charge in [-0.15, -0.1) is 24.0 Å². The fraction of sp³-hybridized carbons (Fsp3) is 0.381. The van der Waals surface area contributed by atoms with Gasteiger partial charge in [-0.25, -0.2) is 4.99 Å². The van der Waals surface area contributed by atoms with Crippen molar-refractivity contribution in [3.05, 3.63) is 59.7 Å². The van der Waals surface area contributed by atoms with Gasteiger partial charge in [0.2, 0.25) is 0 Å². The zero-order valence-corrected chi connectivity index (χ0v) is 18.7. The van der Waals surface area contributed by atoms with Crippen LogP contribution in [0.3, 0.4) is 0 Å².